The lowest BCUT2D eigenvalue weighted by Crippen LogP contribution is -2.48. The van der Waals surface area contributed by atoms with E-state index in [2.05, 4.69) is 14.8 Å². The van der Waals surface area contributed by atoms with Gasteiger partial charge in [-0.15, -0.1) is 0 Å². The van der Waals surface area contributed by atoms with Gasteiger partial charge >= 0.3 is 0 Å². The largest absolute Gasteiger partial charge is 0.395 e. The van der Waals surface area contributed by atoms with E-state index in [1.54, 1.807) is 0 Å². The summed E-state index contributed by atoms with van der Waals surface area (Å²) in [6, 6.07) is 5.85. The first kappa shape index (κ1) is 17.5. The fraction of sp³-hybridized carbons (Fsp3) is 0.579. The molecule has 1 atom stereocenters. The molecule has 2 aliphatic rings. The number of fused-ring (bicyclic) bond motifs is 1. The summed E-state index contributed by atoms with van der Waals surface area (Å²) in [6.07, 6.45) is 4.30. The molecule has 0 spiro atoms. The first-order valence-electron chi connectivity index (χ1n) is 9.43. The Kier molecular flexibility index (Phi) is 5.19. The van der Waals surface area contributed by atoms with Crippen LogP contribution in [0.2, 0.25) is 0 Å². The molecule has 0 radical (unpaired) electrons. The number of aliphatic hydroxyl groups excluding tert-OH is 1. The third kappa shape index (κ3) is 3.60. The Labute approximate surface area is 152 Å². The van der Waals surface area contributed by atoms with Crippen molar-refractivity contribution in [3.8, 4) is 0 Å². The van der Waals surface area contributed by atoms with Gasteiger partial charge in [-0.25, -0.2) is 4.98 Å². The van der Waals surface area contributed by atoms with Gasteiger partial charge in [0.1, 0.15) is 0 Å². The highest BCUT2D eigenvalue weighted by molar-refractivity contribution is 5.81. The fourth-order valence-electron chi connectivity index (χ4n) is 3.88. The van der Waals surface area contributed by atoms with Crippen molar-refractivity contribution in [2.45, 2.75) is 25.5 Å². The summed E-state index contributed by atoms with van der Waals surface area (Å²) in [5, 5.41) is 9.63. The summed E-state index contributed by atoms with van der Waals surface area (Å²) >= 11 is 0. The summed E-state index contributed by atoms with van der Waals surface area (Å²) in [5.41, 5.74) is 1.72. The quantitative estimate of drug-likeness (QED) is 0.848. The number of hydrogen-bond acceptors (Lipinski definition) is 6. The molecule has 4 rings (SSSR count). The summed E-state index contributed by atoms with van der Waals surface area (Å²) in [6.45, 7) is 6.16. The van der Waals surface area contributed by atoms with Crippen molar-refractivity contribution >= 4 is 16.6 Å². The molecular formula is C19H26N4O3. The molecule has 2 fully saturated rings. The molecule has 2 aromatic rings. The van der Waals surface area contributed by atoms with E-state index in [9.17, 15) is 4.79 Å². The van der Waals surface area contributed by atoms with Crippen molar-refractivity contribution in [2.75, 3.05) is 50.8 Å². The summed E-state index contributed by atoms with van der Waals surface area (Å²) in [7, 11) is 0. The van der Waals surface area contributed by atoms with Crippen LogP contribution in [0.4, 0.5) is 5.69 Å². The van der Waals surface area contributed by atoms with Crippen LogP contribution in [0.1, 0.15) is 12.8 Å². The molecular weight excluding hydrogens is 332 g/mol. The second-order valence-corrected chi connectivity index (χ2v) is 7.09. The molecule has 2 aliphatic heterocycles. The second kappa shape index (κ2) is 7.73. The molecule has 140 valence electrons. The van der Waals surface area contributed by atoms with Crippen LogP contribution in [0, 0.1) is 0 Å². The maximum absolute atomic E-state index is 12.4. The van der Waals surface area contributed by atoms with Crippen LogP contribution in [0.15, 0.2) is 29.3 Å². The van der Waals surface area contributed by atoms with Gasteiger partial charge in [0.25, 0.3) is 5.56 Å². The van der Waals surface area contributed by atoms with Crippen LogP contribution in [0.25, 0.3) is 10.9 Å². The van der Waals surface area contributed by atoms with Crippen LogP contribution in [-0.4, -0.2) is 71.6 Å². The number of rotatable bonds is 5. The van der Waals surface area contributed by atoms with Gasteiger partial charge in [-0.05, 0) is 31.0 Å². The van der Waals surface area contributed by atoms with E-state index in [0.717, 1.165) is 45.0 Å². The zero-order chi connectivity index (χ0) is 17.9. The van der Waals surface area contributed by atoms with Crippen LogP contribution in [0.3, 0.4) is 0 Å². The lowest BCUT2D eigenvalue weighted by Gasteiger charge is -2.37. The number of aromatic nitrogens is 2. The molecule has 0 saturated carbocycles. The van der Waals surface area contributed by atoms with E-state index >= 15 is 0 Å². The molecule has 7 nitrogen and oxygen atoms in total. The predicted octanol–water partition coefficient (Wildman–Crippen LogP) is 0.690. The van der Waals surface area contributed by atoms with Crippen LogP contribution >= 0.6 is 0 Å². The van der Waals surface area contributed by atoms with Crippen LogP contribution in [-0.2, 0) is 11.3 Å². The van der Waals surface area contributed by atoms with Gasteiger partial charge in [0.05, 0.1) is 36.5 Å². The maximum Gasteiger partial charge on any atom is 0.261 e. The highest BCUT2D eigenvalue weighted by Gasteiger charge is 2.23. The monoisotopic (exact) mass is 358 g/mol. The highest BCUT2D eigenvalue weighted by atomic mass is 16.5. The van der Waals surface area contributed by atoms with Crippen LogP contribution in [0.5, 0.6) is 0 Å². The lowest BCUT2D eigenvalue weighted by molar-refractivity contribution is 0.0713. The maximum atomic E-state index is 12.4. The average molecular weight is 358 g/mol. The van der Waals surface area contributed by atoms with Crippen molar-refractivity contribution in [3.63, 3.8) is 0 Å². The lowest BCUT2D eigenvalue weighted by atomic mass is 10.1. The molecule has 2 saturated heterocycles. The van der Waals surface area contributed by atoms with Gasteiger partial charge in [-0.3, -0.25) is 14.3 Å². The van der Waals surface area contributed by atoms with Crippen LogP contribution < -0.4 is 10.5 Å². The summed E-state index contributed by atoms with van der Waals surface area (Å²) in [5.74, 6) is 0. The normalized spacial score (nSPS) is 21.6. The van der Waals surface area contributed by atoms with Crippen molar-refractivity contribution in [2.24, 2.45) is 0 Å². The molecule has 0 bridgehead atoms. The van der Waals surface area contributed by atoms with E-state index in [1.165, 1.54) is 23.7 Å². The Hall–Kier alpha value is -1.96. The Morgan fingerprint density at radius 2 is 2.08 bits per heavy atom. The molecule has 1 aromatic heterocycles. The van der Waals surface area contributed by atoms with E-state index in [0.29, 0.717) is 17.0 Å². The Morgan fingerprint density at radius 3 is 2.81 bits per heavy atom. The number of nitrogens with zero attached hydrogens (tertiary/aromatic N) is 4. The van der Waals surface area contributed by atoms with E-state index in [1.807, 2.05) is 18.2 Å². The third-order valence-electron chi connectivity index (χ3n) is 5.37. The molecule has 26 heavy (non-hydrogen) atoms. The summed E-state index contributed by atoms with van der Waals surface area (Å²) in [4.78, 5) is 21.6. The minimum Gasteiger partial charge on any atom is -0.395 e. The Bertz CT molecular complexity index is 808. The number of ether oxygens (including phenoxy) is 1. The van der Waals surface area contributed by atoms with Crippen molar-refractivity contribution < 1.29 is 9.84 Å². The zero-order valence-corrected chi connectivity index (χ0v) is 15.0. The molecule has 1 N–H and O–H groups in total. The fourth-order valence-corrected chi connectivity index (χ4v) is 3.88. The predicted molar refractivity (Wildman–Crippen MR) is 101 cm³/mol. The number of hydrogen-bond donors (Lipinski definition) is 1. The Balaban J connectivity index is 1.44. The van der Waals surface area contributed by atoms with E-state index < -0.39 is 0 Å². The zero-order valence-electron chi connectivity index (χ0n) is 15.0. The highest BCUT2D eigenvalue weighted by Crippen LogP contribution is 2.21. The van der Waals surface area contributed by atoms with Gasteiger partial charge in [-0.1, -0.05) is 0 Å². The van der Waals surface area contributed by atoms with Gasteiger partial charge < -0.3 is 14.7 Å². The van der Waals surface area contributed by atoms with E-state index in [4.69, 9.17) is 9.84 Å². The smallest absolute Gasteiger partial charge is 0.261 e. The number of aliphatic hydroxyl groups is 1. The topological polar surface area (TPSA) is 70.8 Å². The molecule has 7 heteroatoms. The molecule has 0 aliphatic carbocycles. The number of anilines is 1. The summed E-state index contributed by atoms with van der Waals surface area (Å²) < 4.78 is 7.19. The third-order valence-corrected chi connectivity index (χ3v) is 5.37. The van der Waals surface area contributed by atoms with Gasteiger partial charge in [0.2, 0.25) is 0 Å². The van der Waals surface area contributed by atoms with Gasteiger partial charge in [0.15, 0.2) is 0 Å². The van der Waals surface area contributed by atoms with E-state index in [-0.39, 0.29) is 18.7 Å². The first-order chi connectivity index (χ1) is 12.7. The van der Waals surface area contributed by atoms with Gasteiger partial charge in [0, 0.05) is 45.0 Å². The average Bonchev–Trinajstić information content (AvgIpc) is 3.18. The number of benzene rings is 1. The minimum absolute atomic E-state index is 0.0681. The first-order valence-corrected chi connectivity index (χ1v) is 9.43. The minimum atomic E-state index is -0.100. The molecule has 1 aromatic carbocycles. The molecule has 1 unspecified atom stereocenters. The Morgan fingerprint density at radius 1 is 1.23 bits per heavy atom. The van der Waals surface area contributed by atoms with Gasteiger partial charge in [-0.2, -0.15) is 0 Å². The second-order valence-electron chi connectivity index (χ2n) is 7.09. The van der Waals surface area contributed by atoms with Crippen molar-refractivity contribution in [3.05, 3.63) is 34.9 Å². The van der Waals surface area contributed by atoms with Crippen molar-refractivity contribution in [1.29, 1.82) is 0 Å². The standard InChI is InChI=1S/C19H26N4O3/c24-10-9-23-14-20-18-12-15(3-4-17(18)19(23)25)22-7-5-21(6-8-22)13-16-2-1-11-26-16/h3-4,12,14,16,24H,1-2,5-11,13H2. The van der Waals surface area contributed by atoms with Crippen molar-refractivity contribution in [1.82, 2.24) is 14.5 Å². The number of piperazine rings is 1. The SMILES string of the molecule is O=c1c2ccc(N3CCN(CC4CCCO4)CC3)cc2ncn1CCO. The molecule has 3 heterocycles. The molecule has 0 amide bonds.